The molecular weight excluding hydrogens is 392 g/mol. The summed E-state index contributed by atoms with van der Waals surface area (Å²) in [6, 6.07) is 17.6. The monoisotopic (exact) mass is 414 g/mol. The number of hydrogen-bond acceptors (Lipinski definition) is 5. The highest BCUT2D eigenvalue weighted by atomic mass is 16.5. The van der Waals surface area contributed by atoms with Crippen molar-refractivity contribution in [3.8, 4) is 5.95 Å². The molecule has 0 aliphatic carbocycles. The number of carboxylic acid groups (broad SMARTS) is 1. The number of rotatable bonds is 5. The molecule has 2 aromatic carbocycles. The fourth-order valence-corrected chi connectivity index (χ4v) is 4.14. The number of ether oxygens (including phenoxy) is 1. The standard InChI is InChI=1S/C24H22N4O3/c1-15-21(23(29)30)17-9-5-6-10-20(17)28(15)24-26-19-11-12-31-14-18(19)22(27-24)25-13-16-7-3-2-4-8-16/h2-10H,11-14H2,1H3,(H,29,30)(H,25,26,27). The van der Waals surface area contributed by atoms with Gasteiger partial charge in [0, 0.05) is 29.6 Å². The Morgan fingerprint density at radius 1 is 1.13 bits per heavy atom. The molecule has 0 bridgehead atoms. The van der Waals surface area contributed by atoms with Crippen molar-refractivity contribution >= 4 is 22.7 Å². The second kappa shape index (κ2) is 7.85. The molecule has 156 valence electrons. The average molecular weight is 414 g/mol. The normalized spacial score (nSPS) is 13.2. The lowest BCUT2D eigenvalue weighted by Crippen LogP contribution is -2.19. The van der Waals surface area contributed by atoms with E-state index in [1.165, 1.54) is 0 Å². The summed E-state index contributed by atoms with van der Waals surface area (Å²) < 4.78 is 7.49. The highest BCUT2D eigenvalue weighted by Crippen LogP contribution is 2.30. The van der Waals surface area contributed by atoms with E-state index < -0.39 is 5.97 Å². The maximum absolute atomic E-state index is 12.0. The molecule has 3 heterocycles. The molecule has 4 aromatic rings. The van der Waals surface area contributed by atoms with Crippen LogP contribution in [0.4, 0.5) is 5.82 Å². The van der Waals surface area contributed by atoms with Crippen LogP contribution in [0, 0.1) is 6.92 Å². The minimum Gasteiger partial charge on any atom is -0.478 e. The van der Waals surface area contributed by atoms with Gasteiger partial charge in [-0.25, -0.2) is 9.78 Å². The Morgan fingerprint density at radius 3 is 2.71 bits per heavy atom. The summed E-state index contributed by atoms with van der Waals surface area (Å²) in [6.45, 7) is 3.48. The van der Waals surface area contributed by atoms with Crippen LogP contribution in [-0.2, 0) is 24.3 Å². The number of carboxylic acids is 1. The molecule has 1 aliphatic heterocycles. The average Bonchev–Trinajstić information content (AvgIpc) is 3.10. The second-order valence-electron chi connectivity index (χ2n) is 7.56. The fraction of sp³-hybridized carbons (Fsp3) is 0.208. The van der Waals surface area contributed by atoms with E-state index in [9.17, 15) is 9.90 Å². The molecule has 7 nitrogen and oxygen atoms in total. The summed E-state index contributed by atoms with van der Waals surface area (Å²) in [5.74, 6) is 0.233. The molecule has 2 aromatic heterocycles. The molecule has 0 amide bonds. The predicted molar refractivity (Wildman–Crippen MR) is 118 cm³/mol. The lowest BCUT2D eigenvalue weighted by atomic mass is 10.1. The van der Waals surface area contributed by atoms with Crippen molar-refractivity contribution in [3.63, 3.8) is 0 Å². The van der Waals surface area contributed by atoms with Gasteiger partial charge in [-0.2, -0.15) is 4.98 Å². The van der Waals surface area contributed by atoms with Gasteiger partial charge < -0.3 is 15.2 Å². The Bertz CT molecular complexity index is 1280. The zero-order valence-electron chi connectivity index (χ0n) is 17.1. The summed E-state index contributed by atoms with van der Waals surface area (Å²) in [5, 5.41) is 13.9. The highest BCUT2D eigenvalue weighted by molar-refractivity contribution is 6.05. The number of nitrogens with zero attached hydrogens (tertiary/aromatic N) is 3. The van der Waals surface area contributed by atoms with Gasteiger partial charge in [0.1, 0.15) is 5.82 Å². The second-order valence-corrected chi connectivity index (χ2v) is 7.56. The van der Waals surface area contributed by atoms with Crippen molar-refractivity contribution < 1.29 is 14.6 Å². The lowest BCUT2D eigenvalue weighted by molar-refractivity contribution is 0.0698. The summed E-state index contributed by atoms with van der Waals surface area (Å²) in [7, 11) is 0. The van der Waals surface area contributed by atoms with Gasteiger partial charge in [0.15, 0.2) is 0 Å². The summed E-state index contributed by atoms with van der Waals surface area (Å²) in [4.78, 5) is 21.6. The lowest BCUT2D eigenvalue weighted by Gasteiger charge is -2.21. The minimum atomic E-state index is -0.957. The zero-order valence-corrected chi connectivity index (χ0v) is 17.1. The van der Waals surface area contributed by atoms with Gasteiger partial charge in [-0.3, -0.25) is 4.57 Å². The largest absolute Gasteiger partial charge is 0.478 e. The third-order valence-electron chi connectivity index (χ3n) is 5.64. The van der Waals surface area contributed by atoms with Crippen molar-refractivity contribution in [2.24, 2.45) is 0 Å². The van der Waals surface area contributed by atoms with E-state index in [0.29, 0.717) is 43.2 Å². The first-order chi connectivity index (χ1) is 15.1. The first kappa shape index (κ1) is 19.3. The Morgan fingerprint density at radius 2 is 1.90 bits per heavy atom. The van der Waals surface area contributed by atoms with Gasteiger partial charge in [-0.05, 0) is 18.6 Å². The van der Waals surface area contributed by atoms with Gasteiger partial charge in [0.2, 0.25) is 5.95 Å². The maximum Gasteiger partial charge on any atom is 0.338 e. The van der Waals surface area contributed by atoms with Crippen molar-refractivity contribution in [3.05, 3.63) is 82.7 Å². The van der Waals surface area contributed by atoms with E-state index in [2.05, 4.69) is 17.4 Å². The summed E-state index contributed by atoms with van der Waals surface area (Å²) >= 11 is 0. The van der Waals surface area contributed by atoms with E-state index in [4.69, 9.17) is 14.7 Å². The Kier molecular flexibility index (Phi) is 4.88. The van der Waals surface area contributed by atoms with Crippen molar-refractivity contribution in [1.82, 2.24) is 14.5 Å². The Hall–Kier alpha value is -3.71. The molecule has 2 N–H and O–H groups in total. The van der Waals surface area contributed by atoms with Gasteiger partial charge in [0.05, 0.1) is 30.0 Å². The number of aromatic carboxylic acids is 1. The first-order valence-corrected chi connectivity index (χ1v) is 10.2. The molecule has 5 rings (SSSR count). The van der Waals surface area contributed by atoms with Crippen LogP contribution in [0.15, 0.2) is 54.6 Å². The number of aromatic nitrogens is 3. The molecule has 0 unspecified atom stereocenters. The summed E-state index contributed by atoms with van der Waals surface area (Å²) in [6.07, 6.45) is 0.689. The van der Waals surface area contributed by atoms with Crippen LogP contribution in [0.25, 0.3) is 16.9 Å². The topological polar surface area (TPSA) is 89.3 Å². The van der Waals surface area contributed by atoms with Crippen LogP contribution in [-0.4, -0.2) is 32.2 Å². The number of anilines is 1. The highest BCUT2D eigenvalue weighted by Gasteiger charge is 2.24. The van der Waals surface area contributed by atoms with Crippen LogP contribution in [0.5, 0.6) is 0 Å². The third-order valence-corrected chi connectivity index (χ3v) is 5.64. The molecule has 0 atom stereocenters. The molecule has 7 heteroatoms. The molecule has 1 aliphatic rings. The van der Waals surface area contributed by atoms with Crippen LogP contribution >= 0.6 is 0 Å². The van der Waals surface area contributed by atoms with E-state index in [0.717, 1.165) is 28.2 Å². The number of hydrogen-bond donors (Lipinski definition) is 2. The van der Waals surface area contributed by atoms with Gasteiger partial charge in [-0.15, -0.1) is 0 Å². The molecule has 0 fully saturated rings. The predicted octanol–water partition coefficient (Wildman–Crippen LogP) is 4.11. The van der Waals surface area contributed by atoms with Crippen LogP contribution in [0.2, 0.25) is 0 Å². The van der Waals surface area contributed by atoms with E-state index in [1.807, 2.05) is 47.0 Å². The molecule has 0 radical (unpaired) electrons. The van der Waals surface area contributed by atoms with Gasteiger partial charge >= 0.3 is 5.97 Å². The molecule has 0 spiro atoms. The van der Waals surface area contributed by atoms with E-state index in [1.54, 1.807) is 6.92 Å². The van der Waals surface area contributed by atoms with Crippen molar-refractivity contribution in [2.75, 3.05) is 11.9 Å². The zero-order chi connectivity index (χ0) is 21.4. The maximum atomic E-state index is 12.0. The van der Waals surface area contributed by atoms with Gasteiger partial charge in [0.25, 0.3) is 0 Å². The fourth-order valence-electron chi connectivity index (χ4n) is 4.14. The molecule has 31 heavy (non-hydrogen) atoms. The SMILES string of the molecule is Cc1c(C(=O)O)c2ccccc2n1-c1nc2c(c(NCc3ccccc3)n1)COCC2. The van der Waals surface area contributed by atoms with Crippen molar-refractivity contribution in [1.29, 1.82) is 0 Å². The summed E-state index contributed by atoms with van der Waals surface area (Å²) in [5.41, 5.74) is 4.69. The minimum absolute atomic E-state index is 0.277. The van der Waals surface area contributed by atoms with Crippen LogP contribution in [0.3, 0.4) is 0 Å². The van der Waals surface area contributed by atoms with Crippen molar-refractivity contribution in [2.45, 2.75) is 26.5 Å². The van der Waals surface area contributed by atoms with Crippen LogP contribution in [0.1, 0.15) is 32.9 Å². The van der Waals surface area contributed by atoms with Crippen LogP contribution < -0.4 is 5.32 Å². The number of nitrogens with one attached hydrogen (secondary N) is 1. The molecular formula is C24H22N4O3. The third kappa shape index (κ3) is 3.43. The Balaban J connectivity index is 1.65. The van der Waals surface area contributed by atoms with Gasteiger partial charge in [-0.1, -0.05) is 48.5 Å². The number of fused-ring (bicyclic) bond motifs is 2. The number of para-hydroxylation sites is 1. The first-order valence-electron chi connectivity index (χ1n) is 10.2. The quantitative estimate of drug-likeness (QED) is 0.511. The number of carbonyl (C=O) groups is 1. The number of benzene rings is 2. The smallest absolute Gasteiger partial charge is 0.338 e. The molecule has 0 saturated carbocycles. The van der Waals surface area contributed by atoms with E-state index >= 15 is 0 Å². The molecule has 0 saturated heterocycles. The van der Waals surface area contributed by atoms with E-state index in [-0.39, 0.29) is 5.56 Å². The Labute approximate surface area is 179 Å².